The minimum Gasteiger partial charge on any atom is -0.372 e. The van der Waals surface area contributed by atoms with Crippen LogP contribution >= 0.6 is 0 Å². The van der Waals surface area contributed by atoms with E-state index in [0.29, 0.717) is 34.5 Å². The predicted molar refractivity (Wildman–Crippen MR) is 344 cm³/mol. The zero-order valence-electron chi connectivity index (χ0n) is 45.1. The molecule has 83 heavy (non-hydrogen) atoms. The van der Waals surface area contributed by atoms with Crippen molar-refractivity contribution < 1.29 is 5.11 Å². The van der Waals surface area contributed by atoms with Crippen molar-refractivity contribution in [3.8, 4) is 0 Å². The number of anilines is 9. The lowest BCUT2D eigenvalue weighted by atomic mass is 9.89. The Balaban J connectivity index is 0.998. The first-order valence-electron chi connectivity index (χ1n) is 28.0. The zero-order valence-corrected chi connectivity index (χ0v) is 45.1. The van der Waals surface area contributed by atoms with E-state index in [-0.39, 0.29) is 0 Å². The van der Waals surface area contributed by atoms with Gasteiger partial charge in [-0.25, -0.2) is 15.0 Å². The van der Waals surface area contributed by atoms with Gasteiger partial charge < -0.3 is 5.11 Å². The van der Waals surface area contributed by atoms with Gasteiger partial charge in [-0.3, -0.25) is 14.7 Å². The number of hydrogen-bond donors (Lipinski definition) is 1. The van der Waals surface area contributed by atoms with Crippen LogP contribution in [0.5, 0.6) is 0 Å². The summed E-state index contributed by atoms with van der Waals surface area (Å²) in [5.74, 6) is 1.80. The Morgan fingerprint density at radius 2 is 0.386 bits per heavy atom. The van der Waals surface area contributed by atoms with E-state index in [0.717, 1.165) is 98.8 Å². The summed E-state index contributed by atoms with van der Waals surface area (Å²) >= 11 is 0. The molecular formula is C76H52N6O. The summed E-state index contributed by atoms with van der Waals surface area (Å²) in [5.41, 5.74) is 4.55. The van der Waals surface area contributed by atoms with E-state index in [2.05, 4.69) is 269 Å². The largest absolute Gasteiger partial charge is 0.372 e. The van der Waals surface area contributed by atoms with E-state index in [9.17, 15) is 5.11 Å². The van der Waals surface area contributed by atoms with Crippen LogP contribution in [0.1, 0.15) is 17.1 Å². The Morgan fingerprint density at radius 1 is 0.205 bits per heavy atom. The summed E-state index contributed by atoms with van der Waals surface area (Å²) < 4.78 is 0. The van der Waals surface area contributed by atoms with Crippen LogP contribution in [0.3, 0.4) is 0 Å². The highest BCUT2D eigenvalue weighted by molar-refractivity contribution is 6.07. The fourth-order valence-corrected chi connectivity index (χ4v) is 12.2. The van der Waals surface area contributed by atoms with Crippen LogP contribution in [0.2, 0.25) is 0 Å². The van der Waals surface area contributed by atoms with Gasteiger partial charge in [-0.05, 0) is 105 Å². The van der Waals surface area contributed by atoms with Gasteiger partial charge in [0.05, 0.1) is 51.2 Å². The molecule has 15 rings (SSSR count). The molecule has 0 amide bonds. The number of benzene rings is 12. The third-order valence-corrected chi connectivity index (χ3v) is 16.0. The first-order chi connectivity index (χ1) is 41.1. The molecule has 12 aromatic carbocycles. The van der Waals surface area contributed by atoms with Crippen molar-refractivity contribution in [1.29, 1.82) is 0 Å². The number of aliphatic hydroxyl groups is 1. The molecule has 0 atom stereocenters. The second-order valence-electron chi connectivity index (χ2n) is 20.8. The second kappa shape index (κ2) is 20.6. The number of nitrogens with zero attached hydrogens (tertiary/aromatic N) is 6. The molecule has 3 heterocycles. The minimum atomic E-state index is -2.09. The van der Waals surface area contributed by atoms with Gasteiger partial charge in [0.1, 0.15) is 17.5 Å². The van der Waals surface area contributed by atoms with Crippen LogP contribution < -0.4 is 14.7 Å². The fourth-order valence-electron chi connectivity index (χ4n) is 12.2. The molecule has 0 fully saturated rings. The van der Waals surface area contributed by atoms with Crippen LogP contribution in [0, 0.1) is 0 Å². The third kappa shape index (κ3) is 8.54. The van der Waals surface area contributed by atoms with Gasteiger partial charge in [0.2, 0.25) is 0 Å². The fraction of sp³-hybridized carbons (Fsp3) is 0.0132. The molecule has 1 N–H and O–H groups in total. The van der Waals surface area contributed by atoms with Crippen molar-refractivity contribution in [2.75, 3.05) is 14.7 Å². The Morgan fingerprint density at radius 3 is 0.602 bits per heavy atom. The SMILES string of the molecule is OC(c1cccc(N(c2cccc3ccccc23)c2cccc3ccccc23)n1)(c1cccc(N(c2cccc3ccccc23)c2cccc3ccccc23)n1)c1cccc(N(c2cccc3ccccc23)c2cccc3ccccc23)n1. The van der Waals surface area contributed by atoms with Crippen LogP contribution in [0.25, 0.3) is 64.6 Å². The molecule has 0 saturated heterocycles. The molecule has 7 nitrogen and oxygen atoms in total. The summed E-state index contributed by atoms with van der Waals surface area (Å²) in [6.07, 6.45) is 0. The number of pyridine rings is 3. The molecule has 0 aliphatic rings. The van der Waals surface area contributed by atoms with Gasteiger partial charge in [-0.2, -0.15) is 0 Å². The van der Waals surface area contributed by atoms with E-state index >= 15 is 0 Å². The molecule has 15 aromatic rings. The molecular weight excluding hydrogens is 1010 g/mol. The van der Waals surface area contributed by atoms with Crippen molar-refractivity contribution in [1.82, 2.24) is 15.0 Å². The molecule has 0 aliphatic heterocycles. The summed E-state index contributed by atoms with van der Waals surface area (Å²) in [6, 6.07) is 107. The van der Waals surface area contributed by atoms with Gasteiger partial charge in [0.25, 0.3) is 0 Å². The van der Waals surface area contributed by atoms with Crippen LogP contribution in [-0.2, 0) is 5.60 Å². The summed E-state index contributed by atoms with van der Waals surface area (Å²) in [5, 5.41) is 27.6. The van der Waals surface area contributed by atoms with Crippen molar-refractivity contribution in [2.45, 2.75) is 5.60 Å². The van der Waals surface area contributed by atoms with Crippen LogP contribution in [0.4, 0.5) is 51.6 Å². The van der Waals surface area contributed by atoms with Crippen molar-refractivity contribution in [2.24, 2.45) is 0 Å². The lowest BCUT2D eigenvalue weighted by molar-refractivity contribution is 0.111. The average molecular weight is 1070 g/mol. The summed E-state index contributed by atoms with van der Waals surface area (Å²) in [4.78, 5) is 23.7. The molecule has 0 saturated carbocycles. The van der Waals surface area contributed by atoms with Gasteiger partial charge in [0.15, 0.2) is 5.60 Å². The Labute approximate surface area is 480 Å². The van der Waals surface area contributed by atoms with E-state index in [4.69, 9.17) is 15.0 Å². The van der Waals surface area contributed by atoms with Gasteiger partial charge >= 0.3 is 0 Å². The Bertz CT molecular complexity index is 4200. The number of fused-ring (bicyclic) bond motifs is 6. The molecule has 0 aliphatic carbocycles. The normalized spacial score (nSPS) is 11.7. The van der Waals surface area contributed by atoms with Crippen LogP contribution in [0.15, 0.2) is 309 Å². The topological polar surface area (TPSA) is 68.6 Å². The van der Waals surface area contributed by atoms with Gasteiger partial charge in [0, 0.05) is 32.3 Å². The highest BCUT2D eigenvalue weighted by Crippen LogP contribution is 2.47. The number of hydrogen-bond acceptors (Lipinski definition) is 7. The van der Waals surface area contributed by atoms with Crippen LogP contribution in [-0.4, -0.2) is 20.1 Å². The second-order valence-corrected chi connectivity index (χ2v) is 20.8. The maximum Gasteiger partial charge on any atom is 0.191 e. The molecule has 0 bridgehead atoms. The monoisotopic (exact) mass is 1060 g/mol. The maximum absolute atomic E-state index is 14.8. The van der Waals surface area contributed by atoms with E-state index < -0.39 is 5.60 Å². The first kappa shape index (κ1) is 49.1. The van der Waals surface area contributed by atoms with E-state index in [1.807, 2.05) is 54.6 Å². The smallest absolute Gasteiger partial charge is 0.191 e. The summed E-state index contributed by atoms with van der Waals surface area (Å²) in [6.45, 7) is 0. The van der Waals surface area contributed by atoms with Crippen molar-refractivity contribution in [3.05, 3.63) is 326 Å². The standard InChI is InChI=1S/C76H52N6O/c83-76(70-46-19-49-73(77-70)80(64-40-13-28-52-22-1-7-34-58(52)64)65-41-14-29-53-23-2-8-35-59(53)65,71-47-20-50-74(78-71)81(66-42-15-30-54-24-3-9-36-60(54)66)67-43-16-31-55-25-4-10-37-61(55)67)72-48-21-51-75(79-72)82(68-44-17-32-56-26-5-11-38-62(56)68)69-45-18-33-57-27-6-12-39-63(57)69/h1-51,83H. The zero-order chi connectivity index (χ0) is 55.3. The molecule has 7 heteroatoms. The lowest BCUT2D eigenvalue weighted by Gasteiger charge is -2.33. The first-order valence-corrected chi connectivity index (χ1v) is 28.0. The average Bonchev–Trinajstić information content (AvgIpc) is 3.73. The number of aromatic nitrogens is 3. The Hall–Kier alpha value is -11.0. The minimum absolute atomic E-state index is 0.332. The quantitative estimate of drug-likeness (QED) is 0.131. The summed E-state index contributed by atoms with van der Waals surface area (Å²) in [7, 11) is 0. The Kier molecular flexibility index (Phi) is 12.2. The predicted octanol–water partition coefficient (Wildman–Crippen LogP) is 19.5. The maximum atomic E-state index is 14.8. The van der Waals surface area contributed by atoms with Crippen molar-refractivity contribution >= 4 is 116 Å². The van der Waals surface area contributed by atoms with Gasteiger partial charge in [-0.15, -0.1) is 0 Å². The highest BCUT2D eigenvalue weighted by atomic mass is 16.3. The lowest BCUT2D eigenvalue weighted by Crippen LogP contribution is -2.33. The molecule has 392 valence electrons. The van der Waals surface area contributed by atoms with Gasteiger partial charge in [-0.1, -0.05) is 237 Å². The molecule has 0 spiro atoms. The van der Waals surface area contributed by atoms with E-state index in [1.165, 1.54) is 0 Å². The molecule has 3 aromatic heterocycles. The van der Waals surface area contributed by atoms with E-state index in [1.54, 1.807) is 0 Å². The molecule has 0 unspecified atom stereocenters. The van der Waals surface area contributed by atoms with Crippen molar-refractivity contribution in [3.63, 3.8) is 0 Å². The third-order valence-electron chi connectivity index (χ3n) is 16.0. The highest BCUT2D eigenvalue weighted by Gasteiger charge is 2.41. The number of rotatable bonds is 12. The molecule has 0 radical (unpaired) electrons.